The molecular weight excluding hydrogens is 298 g/mol. The lowest BCUT2D eigenvalue weighted by Gasteiger charge is -2.30. The van der Waals surface area contributed by atoms with Crippen molar-refractivity contribution < 1.29 is 4.79 Å². The molecule has 24 heavy (non-hydrogen) atoms. The lowest BCUT2D eigenvalue weighted by atomic mass is 9.96. The van der Waals surface area contributed by atoms with Gasteiger partial charge in [-0.3, -0.25) is 4.79 Å². The number of hydrogen-bond acceptors (Lipinski definition) is 3. The fourth-order valence-electron chi connectivity index (χ4n) is 3.92. The molecule has 2 aliphatic heterocycles. The predicted molar refractivity (Wildman–Crippen MR) is 99.3 cm³/mol. The van der Waals surface area contributed by atoms with Crippen LogP contribution in [0.4, 0.5) is 5.69 Å². The lowest BCUT2D eigenvalue weighted by molar-refractivity contribution is -0.127. The molecule has 4 nitrogen and oxygen atoms in total. The van der Waals surface area contributed by atoms with Crippen molar-refractivity contribution >= 4 is 11.6 Å². The van der Waals surface area contributed by atoms with E-state index in [1.54, 1.807) is 0 Å². The van der Waals surface area contributed by atoms with Crippen LogP contribution in [0.1, 0.15) is 50.6 Å². The first-order valence-electron chi connectivity index (χ1n) is 9.47. The van der Waals surface area contributed by atoms with Crippen molar-refractivity contribution in [3.8, 4) is 0 Å². The Kier molecular flexibility index (Phi) is 5.77. The van der Waals surface area contributed by atoms with Gasteiger partial charge in [-0.15, -0.1) is 0 Å². The largest absolute Gasteiger partial charge is 0.372 e. The number of benzene rings is 1. The van der Waals surface area contributed by atoms with Crippen LogP contribution in [-0.4, -0.2) is 44.0 Å². The molecule has 0 bridgehead atoms. The zero-order valence-electron chi connectivity index (χ0n) is 15.1. The third kappa shape index (κ3) is 4.29. The van der Waals surface area contributed by atoms with Crippen LogP contribution >= 0.6 is 0 Å². The van der Waals surface area contributed by atoms with Crippen LogP contribution in [0.3, 0.4) is 0 Å². The highest BCUT2D eigenvalue weighted by Crippen LogP contribution is 2.23. The summed E-state index contributed by atoms with van der Waals surface area (Å²) in [6, 6.07) is 8.82. The van der Waals surface area contributed by atoms with Crippen LogP contribution in [0.25, 0.3) is 0 Å². The zero-order chi connectivity index (χ0) is 16.9. The highest BCUT2D eigenvalue weighted by atomic mass is 16.2. The maximum atomic E-state index is 12.5. The summed E-state index contributed by atoms with van der Waals surface area (Å²) in [5.74, 6) is 0.341. The first-order chi connectivity index (χ1) is 11.6. The number of piperidine rings is 2. The molecule has 2 aliphatic rings. The highest BCUT2D eigenvalue weighted by molar-refractivity contribution is 5.79. The molecule has 3 rings (SSSR count). The molecule has 2 fully saturated rings. The molecule has 1 aromatic rings. The topological polar surface area (TPSA) is 35.6 Å². The fourth-order valence-corrected chi connectivity index (χ4v) is 3.92. The minimum Gasteiger partial charge on any atom is -0.372 e. The molecule has 1 aromatic carbocycles. The van der Waals surface area contributed by atoms with Crippen LogP contribution in [-0.2, 0) is 4.79 Å². The molecule has 1 N–H and O–H groups in total. The fraction of sp³-hybridized carbons (Fsp3) is 0.650. The minimum absolute atomic E-state index is 0.0696. The third-order valence-corrected chi connectivity index (χ3v) is 5.47. The first-order valence-corrected chi connectivity index (χ1v) is 9.47. The van der Waals surface area contributed by atoms with Gasteiger partial charge in [-0.05, 0) is 70.3 Å². The van der Waals surface area contributed by atoms with E-state index in [1.165, 1.54) is 43.6 Å². The summed E-state index contributed by atoms with van der Waals surface area (Å²) in [6.45, 7) is 6.41. The number of carbonyl (C=O) groups excluding carboxylic acids is 1. The number of anilines is 1. The zero-order valence-corrected chi connectivity index (χ0v) is 15.1. The quantitative estimate of drug-likeness (QED) is 0.921. The van der Waals surface area contributed by atoms with Crippen molar-refractivity contribution in [2.45, 2.75) is 45.1 Å². The molecule has 0 aliphatic carbocycles. The van der Waals surface area contributed by atoms with Crippen molar-refractivity contribution in [3.05, 3.63) is 29.8 Å². The Labute approximate surface area is 146 Å². The normalized spacial score (nSPS) is 23.8. The van der Waals surface area contributed by atoms with Crippen molar-refractivity contribution in [1.29, 1.82) is 0 Å². The average molecular weight is 329 g/mol. The molecule has 0 radical (unpaired) electrons. The standard InChI is InChI=1S/C20H31N3O/c1-16(21-20(24)18-7-6-12-22(2)15-18)17-8-10-19(11-9-17)23-13-4-3-5-14-23/h8-11,16,18H,3-7,12-15H2,1-2H3,(H,21,24)/t16-,18-/m1/s1. The smallest absolute Gasteiger partial charge is 0.224 e. The maximum Gasteiger partial charge on any atom is 0.224 e. The van der Waals surface area contributed by atoms with Crippen LogP contribution in [0.5, 0.6) is 0 Å². The number of likely N-dealkylation sites (tertiary alicyclic amines) is 1. The van der Waals surface area contributed by atoms with Gasteiger partial charge in [0.05, 0.1) is 12.0 Å². The van der Waals surface area contributed by atoms with Gasteiger partial charge in [0, 0.05) is 25.3 Å². The van der Waals surface area contributed by atoms with Crippen molar-refractivity contribution in [3.63, 3.8) is 0 Å². The summed E-state index contributed by atoms with van der Waals surface area (Å²) in [7, 11) is 2.10. The van der Waals surface area contributed by atoms with Gasteiger partial charge in [0.25, 0.3) is 0 Å². The van der Waals surface area contributed by atoms with E-state index in [-0.39, 0.29) is 17.9 Å². The van der Waals surface area contributed by atoms with E-state index in [4.69, 9.17) is 0 Å². The van der Waals surface area contributed by atoms with Crippen LogP contribution < -0.4 is 10.2 Å². The van der Waals surface area contributed by atoms with Gasteiger partial charge in [0.15, 0.2) is 0 Å². The molecule has 2 saturated heterocycles. The molecular formula is C20H31N3O. The number of nitrogens with zero attached hydrogens (tertiary/aromatic N) is 2. The first kappa shape index (κ1) is 17.3. The van der Waals surface area contributed by atoms with E-state index in [2.05, 4.69) is 53.4 Å². The summed E-state index contributed by atoms with van der Waals surface area (Å²) in [5, 5.41) is 3.21. The molecule has 0 aromatic heterocycles. The average Bonchev–Trinajstić information content (AvgIpc) is 2.62. The number of nitrogens with one attached hydrogen (secondary N) is 1. The maximum absolute atomic E-state index is 12.5. The van der Waals surface area contributed by atoms with Gasteiger partial charge in [0.1, 0.15) is 0 Å². The Balaban J connectivity index is 1.56. The van der Waals surface area contributed by atoms with E-state index in [9.17, 15) is 4.79 Å². The molecule has 4 heteroatoms. The summed E-state index contributed by atoms with van der Waals surface area (Å²) in [5.41, 5.74) is 2.50. The molecule has 2 atom stereocenters. The van der Waals surface area contributed by atoms with E-state index in [0.717, 1.165) is 25.9 Å². The van der Waals surface area contributed by atoms with E-state index in [0.29, 0.717) is 0 Å². The number of amides is 1. The van der Waals surface area contributed by atoms with Crippen LogP contribution in [0, 0.1) is 5.92 Å². The SMILES string of the molecule is C[C@@H](NC(=O)[C@@H]1CCCN(C)C1)c1ccc(N2CCCCC2)cc1. The molecule has 132 valence electrons. The Morgan fingerprint density at radius 1 is 1.08 bits per heavy atom. The summed E-state index contributed by atoms with van der Waals surface area (Å²) < 4.78 is 0. The Morgan fingerprint density at radius 3 is 2.46 bits per heavy atom. The molecule has 0 saturated carbocycles. The second-order valence-corrected chi connectivity index (χ2v) is 7.47. The highest BCUT2D eigenvalue weighted by Gasteiger charge is 2.25. The molecule has 0 unspecified atom stereocenters. The van der Waals surface area contributed by atoms with Crippen molar-refractivity contribution in [1.82, 2.24) is 10.2 Å². The summed E-state index contributed by atoms with van der Waals surface area (Å²) in [6.07, 6.45) is 6.08. The lowest BCUT2D eigenvalue weighted by Crippen LogP contribution is -2.42. The van der Waals surface area contributed by atoms with Crippen LogP contribution in [0.2, 0.25) is 0 Å². The number of hydrogen-bond donors (Lipinski definition) is 1. The molecule has 1 amide bonds. The van der Waals surface area contributed by atoms with Crippen molar-refractivity contribution in [2.75, 3.05) is 38.1 Å². The van der Waals surface area contributed by atoms with Gasteiger partial charge >= 0.3 is 0 Å². The third-order valence-electron chi connectivity index (χ3n) is 5.47. The van der Waals surface area contributed by atoms with Gasteiger partial charge in [-0.1, -0.05) is 12.1 Å². The number of carbonyl (C=O) groups is 1. The van der Waals surface area contributed by atoms with Gasteiger partial charge in [0.2, 0.25) is 5.91 Å². The Bertz CT molecular complexity index is 536. The molecule has 2 heterocycles. The number of rotatable bonds is 4. The van der Waals surface area contributed by atoms with Gasteiger partial charge in [-0.2, -0.15) is 0 Å². The summed E-state index contributed by atoms with van der Waals surface area (Å²) in [4.78, 5) is 17.2. The Morgan fingerprint density at radius 2 is 1.79 bits per heavy atom. The minimum atomic E-state index is 0.0696. The second kappa shape index (κ2) is 8.02. The van der Waals surface area contributed by atoms with E-state index >= 15 is 0 Å². The monoisotopic (exact) mass is 329 g/mol. The van der Waals surface area contributed by atoms with Gasteiger partial charge < -0.3 is 15.1 Å². The summed E-state index contributed by atoms with van der Waals surface area (Å²) >= 11 is 0. The van der Waals surface area contributed by atoms with Crippen molar-refractivity contribution in [2.24, 2.45) is 5.92 Å². The molecule has 0 spiro atoms. The second-order valence-electron chi connectivity index (χ2n) is 7.47. The van der Waals surface area contributed by atoms with E-state index in [1.807, 2.05) is 0 Å². The van der Waals surface area contributed by atoms with Gasteiger partial charge in [-0.25, -0.2) is 0 Å². The predicted octanol–water partition coefficient (Wildman–Crippen LogP) is 3.20. The van der Waals surface area contributed by atoms with Crippen LogP contribution in [0.15, 0.2) is 24.3 Å². The Hall–Kier alpha value is -1.55. The van der Waals surface area contributed by atoms with E-state index < -0.39 is 0 Å².